The quantitative estimate of drug-likeness (QED) is 0.597. The molecule has 2 saturated heterocycles. The molecule has 2 aliphatic heterocycles. The lowest BCUT2D eigenvalue weighted by Gasteiger charge is -2.22. The Morgan fingerprint density at radius 1 is 1.03 bits per heavy atom. The predicted molar refractivity (Wildman–Crippen MR) is 123 cm³/mol. The molecule has 0 spiro atoms. The Kier molecular flexibility index (Phi) is 6.07. The summed E-state index contributed by atoms with van der Waals surface area (Å²) in [7, 11) is -4.20. The van der Waals surface area contributed by atoms with Gasteiger partial charge in [0, 0.05) is 30.1 Å². The molecular formula is C24H25F3N4O2S. The number of benzene rings is 1. The van der Waals surface area contributed by atoms with Gasteiger partial charge >= 0.3 is 0 Å². The van der Waals surface area contributed by atoms with Gasteiger partial charge in [0.15, 0.2) is 5.65 Å². The van der Waals surface area contributed by atoms with E-state index >= 15 is 8.78 Å². The van der Waals surface area contributed by atoms with Crippen LogP contribution < -0.4 is 5.32 Å². The molecule has 3 aromatic rings. The monoisotopic (exact) mass is 490 g/mol. The van der Waals surface area contributed by atoms with Gasteiger partial charge in [0.25, 0.3) is 0 Å². The summed E-state index contributed by atoms with van der Waals surface area (Å²) in [5, 5.41) is 4.11. The van der Waals surface area contributed by atoms with E-state index in [1.54, 1.807) is 6.07 Å². The molecule has 0 aliphatic carbocycles. The van der Waals surface area contributed by atoms with Gasteiger partial charge in [-0.05, 0) is 75.2 Å². The number of nitrogens with one attached hydrogen (secondary N) is 1. The zero-order valence-electron chi connectivity index (χ0n) is 18.7. The number of rotatable bonds is 4. The number of hydrogen-bond donors (Lipinski definition) is 1. The fourth-order valence-electron chi connectivity index (χ4n) is 4.76. The summed E-state index contributed by atoms with van der Waals surface area (Å²) < 4.78 is 70.2. The second-order valence-corrected chi connectivity index (χ2v) is 10.9. The van der Waals surface area contributed by atoms with Crippen molar-refractivity contribution in [3.63, 3.8) is 0 Å². The van der Waals surface area contributed by atoms with Crippen molar-refractivity contribution in [3.05, 3.63) is 53.2 Å². The number of aromatic nitrogens is 2. The molecule has 34 heavy (non-hydrogen) atoms. The average Bonchev–Trinajstić information content (AvgIpc) is 3.26. The third-order valence-electron chi connectivity index (χ3n) is 6.66. The lowest BCUT2D eigenvalue weighted by atomic mass is 9.93. The van der Waals surface area contributed by atoms with E-state index in [9.17, 15) is 12.8 Å². The molecule has 0 unspecified atom stereocenters. The average molecular weight is 491 g/mol. The maximum absolute atomic E-state index is 15.1. The second kappa shape index (κ2) is 8.90. The zero-order valence-corrected chi connectivity index (χ0v) is 19.5. The molecule has 2 aliphatic rings. The van der Waals surface area contributed by atoms with Crippen molar-refractivity contribution in [2.75, 3.05) is 26.2 Å². The number of alkyl halides is 1. The Hall–Kier alpha value is -2.56. The first kappa shape index (κ1) is 23.2. The molecule has 2 aromatic heterocycles. The van der Waals surface area contributed by atoms with Gasteiger partial charge in [-0.2, -0.15) is 4.31 Å². The molecule has 5 rings (SSSR count). The zero-order chi connectivity index (χ0) is 24.0. The number of pyridine rings is 2. The number of halogens is 3. The molecular weight excluding hydrogens is 465 g/mol. The van der Waals surface area contributed by atoms with Crippen molar-refractivity contribution in [1.82, 2.24) is 19.6 Å². The first-order valence-electron chi connectivity index (χ1n) is 11.4. The summed E-state index contributed by atoms with van der Waals surface area (Å²) in [4.78, 5) is 8.61. The van der Waals surface area contributed by atoms with Crippen LogP contribution in [0.4, 0.5) is 13.2 Å². The van der Waals surface area contributed by atoms with E-state index in [-0.39, 0.29) is 25.2 Å². The minimum atomic E-state index is -4.20. The first-order chi connectivity index (χ1) is 16.2. The molecule has 1 aromatic carbocycles. The van der Waals surface area contributed by atoms with Gasteiger partial charge in [-0.3, -0.25) is 0 Å². The molecule has 180 valence electrons. The van der Waals surface area contributed by atoms with E-state index in [0.29, 0.717) is 11.6 Å². The molecule has 6 nitrogen and oxygen atoms in total. The Morgan fingerprint density at radius 3 is 2.38 bits per heavy atom. The summed E-state index contributed by atoms with van der Waals surface area (Å²) in [5.41, 5.74) is 1.68. The van der Waals surface area contributed by atoms with Crippen molar-refractivity contribution < 1.29 is 21.6 Å². The number of sulfonamides is 1. The number of nitrogens with zero attached hydrogens (tertiary/aromatic N) is 3. The summed E-state index contributed by atoms with van der Waals surface area (Å²) in [6.45, 7) is 3.29. The molecule has 0 saturated carbocycles. The van der Waals surface area contributed by atoms with E-state index in [2.05, 4.69) is 10.3 Å². The van der Waals surface area contributed by atoms with Gasteiger partial charge in [0.2, 0.25) is 10.0 Å². The normalized spacial score (nSPS) is 20.3. The summed E-state index contributed by atoms with van der Waals surface area (Å²) >= 11 is 0. The van der Waals surface area contributed by atoms with E-state index in [0.717, 1.165) is 59.0 Å². The van der Waals surface area contributed by atoms with Gasteiger partial charge in [0.05, 0.1) is 16.2 Å². The van der Waals surface area contributed by atoms with E-state index in [1.165, 1.54) is 0 Å². The molecule has 0 amide bonds. The highest BCUT2D eigenvalue weighted by atomic mass is 32.2. The van der Waals surface area contributed by atoms with E-state index in [4.69, 9.17) is 4.98 Å². The highest BCUT2D eigenvalue weighted by Gasteiger charge is 2.34. The Bertz CT molecular complexity index is 1340. The third kappa shape index (κ3) is 4.18. The van der Waals surface area contributed by atoms with Crippen molar-refractivity contribution >= 4 is 21.1 Å². The second-order valence-electron chi connectivity index (χ2n) is 8.97. The minimum absolute atomic E-state index is 0.0228. The van der Waals surface area contributed by atoms with Crippen LogP contribution in [0.5, 0.6) is 0 Å². The minimum Gasteiger partial charge on any atom is -0.317 e. The molecule has 1 atom stereocenters. The largest absolute Gasteiger partial charge is 0.317 e. The molecule has 4 heterocycles. The fraction of sp³-hybridized carbons (Fsp3) is 0.417. The highest BCUT2D eigenvalue weighted by molar-refractivity contribution is 7.89. The van der Waals surface area contributed by atoms with Crippen LogP contribution >= 0.6 is 0 Å². The molecule has 1 N–H and O–H groups in total. The van der Waals surface area contributed by atoms with Crippen LogP contribution in [-0.4, -0.2) is 55.0 Å². The Balaban J connectivity index is 1.55. The topological polar surface area (TPSA) is 75.2 Å². The predicted octanol–water partition coefficient (Wildman–Crippen LogP) is 4.08. The lowest BCUT2D eigenvalue weighted by molar-refractivity contribution is 0.343. The van der Waals surface area contributed by atoms with Gasteiger partial charge in [0.1, 0.15) is 17.8 Å². The molecule has 2 fully saturated rings. The molecule has 0 radical (unpaired) electrons. The smallest absolute Gasteiger partial charge is 0.243 e. The number of fused-ring (bicyclic) bond motifs is 1. The van der Waals surface area contributed by atoms with Gasteiger partial charge in [-0.15, -0.1) is 0 Å². The van der Waals surface area contributed by atoms with Crippen molar-refractivity contribution in [3.8, 4) is 11.3 Å². The van der Waals surface area contributed by atoms with E-state index < -0.39 is 38.3 Å². The van der Waals surface area contributed by atoms with Gasteiger partial charge < -0.3 is 5.32 Å². The van der Waals surface area contributed by atoms with Crippen LogP contribution in [0.3, 0.4) is 0 Å². The summed E-state index contributed by atoms with van der Waals surface area (Å²) in [6.07, 6.45) is 0.693. The third-order valence-corrected chi connectivity index (χ3v) is 8.50. The number of piperidine rings is 1. The maximum Gasteiger partial charge on any atom is 0.243 e. The van der Waals surface area contributed by atoms with Crippen LogP contribution in [-0.2, 0) is 10.0 Å². The van der Waals surface area contributed by atoms with Crippen LogP contribution in [0, 0.1) is 18.6 Å². The van der Waals surface area contributed by atoms with E-state index in [1.807, 2.05) is 19.1 Å². The fourth-order valence-corrected chi connectivity index (χ4v) is 6.26. The van der Waals surface area contributed by atoms with Gasteiger partial charge in [-0.1, -0.05) is 0 Å². The standard InChI is InChI=1S/C24H25F3N4O2S/c1-14-10-22(30-24-18(14)2-3-21(29-24)15-4-7-28-8-5-15)23-19(26)11-17(12-20(23)27)34(32,33)31-9-6-16(25)13-31/h2-3,10-12,15-16,28H,4-9,13H2,1H3/t16-/m0/s1. The molecule has 10 heteroatoms. The highest BCUT2D eigenvalue weighted by Crippen LogP contribution is 2.33. The maximum atomic E-state index is 15.1. The Labute approximate surface area is 196 Å². The lowest BCUT2D eigenvalue weighted by Crippen LogP contribution is -2.29. The van der Waals surface area contributed by atoms with Crippen molar-refractivity contribution in [1.29, 1.82) is 0 Å². The van der Waals surface area contributed by atoms with Crippen LogP contribution in [0.25, 0.3) is 22.3 Å². The van der Waals surface area contributed by atoms with Crippen LogP contribution in [0.15, 0.2) is 35.2 Å². The Morgan fingerprint density at radius 2 is 1.74 bits per heavy atom. The first-order valence-corrected chi connectivity index (χ1v) is 12.8. The number of hydrogen-bond acceptors (Lipinski definition) is 5. The summed E-state index contributed by atoms with van der Waals surface area (Å²) in [6, 6.07) is 7.03. The van der Waals surface area contributed by atoms with Crippen LogP contribution in [0.1, 0.15) is 36.4 Å². The SMILES string of the molecule is Cc1cc(-c2c(F)cc(S(=O)(=O)N3CC[C@H](F)C3)cc2F)nc2nc(C3CCNCC3)ccc12. The van der Waals surface area contributed by atoms with Crippen molar-refractivity contribution in [2.24, 2.45) is 0 Å². The molecule has 0 bridgehead atoms. The van der Waals surface area contributed by atoms with Crippen LogP contribution in [0.2, 0.25) is 0 Å². The number of aryl methyl sites for hydroxylation is 1. The van der Waals surface area contributed by atoms with Crippen molar-refractivity contribution in [2.45, 2.75) is 43.2 Å². The van der Waals surface area contributed by atoms with Gasteiger partial charge in [-0.25, -0.2) is 31.6 Å². The summed E-state index contributed by atoms with van der Waals surface area (Å²) in [5.74, 6) is -1.80.